The molecule has 0 radical (unpaired) electrons. The van der Waals surface area contributed by atoms with E-state index < -0.39 is 10.8 Å². The van der Waals surface area contributed by atoms with E-state index >= 15 is 0 Å². The minimum absolute atomic E-state index is 0.0433. The number of ether oxygens (including phenoxy) is 2. The average molecular weight is 322 g/mol. The minimum atomic E-state index is -1.28. The number of aliphatic hydroxyl groups excluding tert-OH is 2. The summed E-state index contributed by atoms with van der Waals surface area (Å²) in [6.07, 6.45) is 0. The summed E-state index contributed by atoms with van der Waals surface area (Å²) >= 11 is 0. The highest BCUT2D eigenvalue weighted by molar-refractivity contribution is 7.85. The van der Waals surface area contributed by atoms with Crippen LogP contribution >= 0.6 is 0 Å². The molecule has 0 aliphatic heterocycles. The smallest absolute Gasteiger partial charge is 0.119 e. The maximum atomic E-state index is 12.4. The zero-order valence-electron chi connectivity index (χ0n) is 12.0. The van der Waals surface area contributed by atoms with E-state index in [2.05, 4.69) is 0 Å². The summed E-state index contributed by atoms with van der Waals surface area (Å²) in [5.74, 6) is 1.25. The fraction of sp³-hybridized carbons (Fsp3) is 0.250. The third-order valence-electron chi connectivity index (χ3n) is 2.80. The van der Waals surface area contributed by atoms with Crippen LogP contribution < -0.4 is 9.47 Å². The van der Waals surface area contributed by atoms with Gasteiger partial charge < -0.3 is 19.7 Å². The lowest BCUT2D eigenvalue weighted by Crippen LogP contribution is -2.02. The van der Waals surface area contributed by atoms with Gasteiger partial charge in [-0.25, -0.2) is 4.21 Å². The van der Waals surface area contributed by atoms with Crippen molar-refractivity contribution in [2.45, 2.75) is 9.79 Å². The molecule has 0 saturated carbocycles. The van der Waals surface area contributed by atoms with Crippen LogP contribution in [0.3, 0.4) is 0 Å². The van der Waals surface area contributed by atoms with Crippen molar-refractivity contribution in [1.82, 2.24) is 0 Å². The van der Waals surface area contributed by atoms with Crippen molar-refractivity contribution in [3.05, 3.63) is 48.5 Å². The first kappa shape index (κ1) is 16.5. The Labute approximate surface area is 131 Å². The average Bonchev–Trinajstić information content (AvgIpc) is 2.58. The minimum Gasteiger partial charge on any atom is -0.491 e. The van der Waals surface area contributed by atoms with E-state index in [-0.39, 0.29) is 26.4 Å². The van der Waals surface area contributed by atoms with Crippen molar-refractivity contribution >= 4 is 10.8 Å². The highest BCUT2D eigenvalue weighted by Gasteiger charge is 2.07. The van der Waals surface area contributed by atoms with E-state index in [4.69, 9.17) is 19.7 Å². The maximum absolute atomic E-state index is 12.4. The topological polar surface area (TPSA) is 76.0 Å². The van der Waals surface area contributed by atoms with E-state index in [1.807, 2.05) is 0 Å². The van der Waals surface area contributed by atoms with Gasteiger partial charge in [0.05, 0.1) is 24.0 Å². The van der Waals surface area contributed by atoms with Crippen LogP contribution in [0.25, 0.3) is 0 Å². The zero-order valence-corrected chi connectivity index (χ0v) is 12.8. The Morgan fingerprint density at radius 3 is 1.41 bits per heavy atom. The first-order chi connectivity index (χ1) is 10.7. The summed E-state index contributed by atoms with van der Waals surface area (Å²) < 4.78 is 23.0. The highest BCUT2D eigenvalue weighted by atomic mass is 32.2. The second kappa shape index (κ2) is 8.53. The van der Waals surface area contributed by atoms with Crippen LogP contribution in [-0.4, -0.2) is 40.8 Å². The Hall–Kier alpha value is -1.89. The Morgan fingerprint density at radius 2 is 1.09 bits per heavy atom. The van der Waals surface area contributed by atoms with Crippen LogP contribution in [0.1, 0.15) is 0 Å². The third kappa shape index (κ3) is 4.56. The van der Waals surface area contributed by atoms with Gasteiger partial charge in [-0.1, -0.05) is 0 Å². The fourth-order valence-electron chi connectivity index (χ4n) is 1.78. The molecule has 6 heteroatoms. The molecule has 0 saturated heterocycles. The Kier molecular flexibility index (Phi) is 6.39. The molecule has 0 atom stereocenters. The summed E-state index contributed by atoms with van der Waals surface area (Å²) in [6, 6.07) is 13.8. The molecule has 2 rings (SSSR count). The van der Waals surface area contributed by atoms with Crippen molar-refractivity contribution in [1.29, 1.82) is 0 Å². The number of aliphatic hydroxyl groups is 2. The van der Waals surface area contributed by atoms with Crippen LogP contribution in [-0.2, 0) is 10.8 Å². The van der Waals surface area contributed by atoms with E-state index in [9.17, 15) is 4.21 Å². The molecule has 2 aromatic rings. The van der Waals surface area contributed by atoms with E-state index in [0.29, 0.717) is 21.3 Å². The predicted molar refractivity (Wildman–Crippen MR) is 82.7 cm³/mol. The lowest BCUT2D eigenvalue weighted by atomic mass is 10.3. The van der Waals surface area contributed by atoms with Crippen molar-refractivity contribution in [2.24, 2.45) is 0 Å². The Morgan fingerprint density at radius 1 is 0.727 bits per heavy atom. The van der Waals surface area contributed by atoms with Gasteiger partial charge in [-0.05, 0) is 48.5 Å². The van der Waals surface area contributed by atoms with Gasteiger partial charge in [0.2, 0.25) is 0 Å². The molecule has 0 unspecified atom stereocenters. The maximum Gasteiger partial charge on any atom is 0.119 e. The van der Waals surface area contributed by atoms with Crippen molar-refractivity contribution in [3.63, 3.8) is 0 Å². The largest absolute Gasteiger partial charge is 0.491 e. The number of hydrogen-bond donors (Lipinski definition) is 2. The quantitative estimate of drug-likeness (QED) is 0.772. The van der Waals surface area contributed by atoms with Gasteiger partial charge in [0.25, 0.3) is 0 Å². The van der Waals surface area contributed by atoms with Crippen LogP contribution in [0.5, 0.6) is 11.5 Å². The molecule has 0 aliphatic carbocycles. The summed E-state index contributed by atoms with van der Waals surface area (Å²) in [7, 11) is -1.28. The van der Waals surface area contributed by atoms with Crippen molar-refractivity contribution < 1.29 is 23.9 Å². The summed E-state index contributed by atoms with van der Waals surface area (Å²) in [5, 5.41) is 17.4. The molecule has 2 N–H and O–H groups in total. The number of benzene rings is 2. The predicted octanol–water partition coefficient (Wildman–Crippen LogP) is 1.60. The number of rotatable bonds is 8. The van der Waals surface area contributed by atoms with Gasteiger partial charge in [0, 0.05) is 9.79 Å². The van der Waals surface area contributed by atoms with Crippen LogP contribution in [0, 0.1) is 0 Å². The second-order valence-electron chi connectivity index (χ2n) is 4.36. The molecule has 0 aliphatic rings. The van der Waals surface area contributed by atoms with E-state index in [1.54, 1.807) is 48.5 Å². The lowest BCUT2D eigenvalue weighted by Gasteiger charge is -2.07. The van der Waals surface area contributed by atoms with Gasteiger partial charge >= 0.3 is 0 Å². The van der Waals surface area contributed by atoms with Crippen LogP contribution in [0.15, 0.2) is 58.3 Å². The molecule has 0 heterocycles. The molecule has 5 nitrogen and oxygen atoms in total. The molecule has 22 heavy (non-hydrogen) atoms. The standard InChI is InChI=1S/C16H18O5S/c17-9-11-20-13-1-5-15(6-2-13)22(19)16-7-3-14(4-8-16)21-12-10-18/h1-8,17-18H,9-12H2. The lowest BCUT2D eigenvalue weighted by molar-refractivity contribution is 0.201. The highest BCUT2D eigenvalue weighted by Crippen LogP contribution is 2.21. The van der Waals surface area contributed by atoms with Gasteiger partial charge in [0.15, 0.2) is 0 Å². The molecule has 0 fully saturated rings. The van der Waals surface area contributed by atoms with Crippen molar-refractivity contribution in [2.75, 3.05) is 26.4 Å². The van der Waals surface area contributed by atoms with Gasteiger partial charge in [-0.3, -0.25) is 0 Å². The normalized spacial score (nSPS) is 10.7. The van der Waals surface area contributed by atoms with Gasteiger partial charge in [-0.2, -0.15) is 0 Å². The van der Waals surface area contributed by atoms with Crippen LogP contribution in [0.4, 0.5) is 0 Å². The molecule has 0 bridgehead atoms. The van der Waals surface area contributed by atoms with E-state index in [1.165, 1.54) is 0 Å². The molecule has 0 aromatic heterocycles. The molecular formula is C16H18O5S. The van der Waals surface area contributed by atoms with Crippen molar-refractivity contribution in [3.8, 4) is 11.5 Å². The molecule has 0 amide bonds. The van der Waals surface area contributed by atoms with E-state index in [0.717, 1.165) is 0 Å². The first-order valence-corrected chi connectivity index (χ1v) is 7.99. The molecule has 0 spiro atoms. The summed E-state index contributed by atoms with van der Waals surface area (Å²) in [6.45, 7) is 0.381. The Bertz CT molecular complexity index is 541. The third-order valence-corrected chi connectivity index (χ3v) is 4.20. The summed E-state index contributed by atoms with van der Waals surface area (Å²) in [4.78, 5) is 1.33. The fourth-order valence-corrected chi connectivity index (χ4v) is 2.82. The summed E-state index contributed by atoms with van der Waals surface area (Å²) in [5.41, 5.74) is 0. The number of hydrogen-bond acceptors (Lipinski definition) is 5. The first-order valence-electron chi connectivity index (χ1n) is 6.84. The molecule has 118 valence electrons. The Balaban J connectivity index is 2.04. The zero-order chi connectivity index (χ0) is 15.8. The molecular weight excluding hydrogens is 304 g/mol. The van der Waals surface area contributed by atoms with Crippen LogP contribution in [0.2, 0.25) is 0 Å². The van der Waals surface area contributed by atoms with Gasteiger partial charge in [-0.15, -0.1) is 0 Å². The van der Waals surface area contributed by atoms with Gasteiger partial charge in [0.1, 0.15) is 24.7 Å². The molecule has 2 aromatic carbocycles. The monoisotopic (exact) mass is 322 g/mol. The SMILES string of the molecule is O=S(c1ccc(OCCO)cc1)c1ccc(OCCO)cc1. The second-order valence-corrected chi connectivity index (χ2v) is 5.84.